The first-order valence-corrected chi connectivity index (χ1v) is 8.73. The van der Waals surface area contributed by atoms with Crippen LogP contribution in [0.15, 0.2) is 35.5 Å². The van der Waals surface area contributed by atoms with Crippen LogP contribution >= 0.6 is 27.7 Å². The number of thioether (sulfide) groups is 1. The molecule has 0 amide bonds. The first-order chi connectivity index (χ1) is 10.9. The molecule has 2 aromatic rings. The highest BCUT2D eigenvalue weighted by atomic mass is 79.9. The van der Waals surface area contributed by atoms with Gasteiger partial charge in [0, 0.05) is 22.9 Å². The molecule has 0 radical (unpaired) electrons. The summed E-state index contributed by atoms with van der Waals surface area (Å²) in [6, 6.07) is 3.55. The van der Waals surface area contributed by atoms with Crippen LogP contribution in [0.5, 0.6) is 0 Å². The maximum Gasteiger partial charge on any atom is 0.416 e. The zero-order chi connectivity index (χ0) is 17.0. The summed E-state index contributed by atoms with van der Waals surface area (Å²) in [7, 11) is 0. The molecule has 3 nitrogen and oxygen atoms in total. The van der Waals surface area contributed by atoms with E-state index in [2.05, 4.69) is 25.9 Å². The monoisotopic (exact) mass is 404 g/mol. The zero-order valence-corrected chi connectivity index (χ0v) is 14.4. The molecule has 0 saturated carbocycles. The maximum absolute atomic E-state index is 12.8. The third-order valence-corrected chi connectivity index (χ3v) is 4.34. The first kappa shape index (κ1) is 17.9. The number of aromatic nitrogens is 2. The van der Waals surface area contributed by atoms with Crippen molar-refractivity contribution < 1.29 is 18.0 Å². The molecule has 23 heavy (non-hydrogen) atoms. The van der Waals surface area contributed by atoms with E-state index in [1.54, 1.807) is 6.07 Å². The van der Waals surface area contributed by atoms with E-state index in [1.165, 1.54) is 18.0 Å². The Hall–Kier alpha value is -1.41. The predicted octanol–water partition coefficient (Wildman–Crippen LogP) is 4.85. The lowest BCUT2D eigenvalue weighted by atomic mass is 10.1. The van der Waals surface area contributed by atoms with E-state index in [4.69, 9.17) is 0 Å². The molecule has 8 heteroatoms. The van der Waals surface area contributed by atoms with Crippen LogP contribution in [0, 0.1) is 0 Å². The molecule has 0 N–H and O–H groups in total. The highest BCUT2D eigenvalue weighted by Gasteiger charge is 2.30. The van der Waals surface area contributed by atoms with Gasteiger partial charge in [0.05, 0.1) is 16.6 Å². The Morgan fingerprint density at radius 1 is 1.30 bits per heavy atom. The minimum Gasteiger partial charge on any atom is -0.291 e. The van der Waals surface area contributed by atoms with Crippen molar-refractivity contribution in [1.29, 1.82) is 0 Å². The Bertz CT molecular complexity index is 722. The van der Waals surface area contributed by atoms with E-state index in [-0.39, 0.29) is 16.8 Å². The minimum atomic E-state index is -4.43. The molecular weight excluding hydrogens is 393 g/mol. The molecule has 0 spiro atoms. The van der Waals surface area contributed by atoms with Crippen molar-refractivity contribution in [2.45, 2.75) is 18.0 Å². The molecule has 0 aromatic carbocycles. The summed E-state index contributed by atoms with van der Waals surface area (Å²) in [4.78, 5) is 20.6. The van der Waals surface area contributed by atoms with Gasteiger partial charge in [-0.1, -0.05) is 22.9 Å². The Morgan fingerprint density at radius 2 is 2.04 bits per heavy atom. The number of nitrogens with zero attached hydrogens (tertiary/aromatic N) is 2. The Kier molecular flexibility index (Phi) is 5.80. The Balaban J connectivity index is 2.48. The number of alkyl halides is 4. The van der Waals surface area contributed by atoms with E-state index in [1.807, 2.05) is 6.92 Å². The minimum absolute atomic E-state index is 0.137. The van der Waals surface area contributed by atoms with Crippen LogP contribution in [0.25, 0.3) is 11.3 Å². The molecule has 2 heterocycles. The fraction of sp³-hybridized carbons (Fsp3) is 0.267. The molecule has 0 aliphatic heterocycles. The average molecular weight is 405 g/mol. The summed E-state index contributed by atoms with van der Waals surface area (Å²) in [6.07, 6.45) is -1.95. The van der Waals surface area contributed by atoms with Gasteiger partial charge in [-0.2, -0.15) is 13.2 Å². The third-order valence-electron chi connectivity index (χ3n) is 2.92. The van der Waals surface area contributed by atoms with E-state index < -0.39 is 11.7 Å². The lowest BCUT2D eigenvalue weighted by Gasteiger charge is -2.10. The summed E-state index contributed by atoms with van der Waals surface area (Å²) in [5, 5.41) is 0.137. The summed E-state index contributed by atoms with van der Waals surface area (Å²) in [5.41, 5.74) is 0.151. The van der Waals surface area contributed by atoms with Gasteiger partial charge < -0.3 is 0 Å². The number of carbonyl (C=O) groups is 1. The van der Waals surface area contributed by atoms with Crippen LogP contribution in [-0.4, -0.2) is 26.8 Å². The second-order valence-corrected chi connectivity index (χ2v) is 6.35. The SMILES string of the molecule is CCSc1cc(-c2cc(C(F)(F)F)ccn2)cnc1C(=O)CBr. The van der Waals surface area contributed by atoms with E-state index in [0.717, 1.165) is 18.3 Å². The molecule has 0 aliphatic carbocycles. The number of Topliss-reactive ketones (excluding diaryl/α,β-unsaturated/α-hetero) is 1. The predicted molar refractivity (Wildman–Crippen MR) is 87.0 cm³/mol. The molecule has 0 aliphatic rings. The zero-order valence-electron chi connectivity index (χ0n) is 12.0. The highest BCUT2D eigenvalue weighted by molar-refractivity contribution is 9.09. The van der Waals surface area contributed by atoms with Gasteiger partial charge in [0.2, 0.25) is 0 Å². The second-order valence-electron chi connectivity index (χ2n) is 4.49. The van der Waals surface area contributed by atoms with Crippen molar-refractivity contribution >= 4 is 33.5 Å². The number of ketones is 1. The molecule has 0 bridgehead atoms. The van der Waals surface area contributed by atoms with Crippen LogP contribution in [0.3, 0.4) is 0 Å². The van der Waals surface area contributed by atoms with Crippen molar-refractivity contribution in [3.05, 3.63) is 41.9 Å². The maximum atomic E-state index is 12.8. The smallest absolute Gasteiger partial charge is 0.291 e. The van der Waals surface area contributed by atoms with Crippen LogP contribution in [0.2, 0.25) is 0 Å². The molecule has 122 valence electrons. The van der Waals surface area contributed by atoms with Crippen molar-refractivity contribution in [2.75, 3.05) is 11.1 Å². The largest absolute Gasteiger partial charge is 0.416 e. The first-order valence-electron chi connectivity index (χ1n) is 6.62. The normalized spacial score (nSPS) is 11.5. The Labute approximate surface area is 143 Å². The van der Waals surface area contributed by atoms with Crippen LogP contribution in [0.4, 0.5) is 13.2 Å². The fourth-order valence-electron chi connectivity index (χ4n) is 1.89. The molecule has 0 unspecified atom stereocenters. The molecule has 0 saturated heterocycles. The number of halogens is 4. The lowest BCUT2D eigenvalue weighted by molar-refractivity contribution is -0.137. The number of carbonyl (C=O) groups excluding carboxylic acids is 1. The van der Waals surface area contributed by atoms with Crippen LogP contribution in [0.1, 0.15) is 23.0 Å². The lowest BCUT2D eigenvalue weighted by Crippen LogP contribution is -2.07. The van der Waals surface area contributed by atoms with Gasteiger partial charge >= 0.3 is 6.18 Å². The standard InChI is InChI=1S/C15H12BrF3N2OS/c1-2-23-13-5-9(8-21-14(13)12(22)7-16)11-6-10(3-4-20-11)15(17,18)19/h3-6,8H,2,7H2,1H3. The number of hydrogen-bond acceptors (Lipinski definition) is 4. The van der Waals surface area contributed by atoms with Crippen LogP contribution in [-0.2, 0) is 6.18 Å². The van der Waals surface area contributed by atoms with Crippen molar-refractivity contribution in [3.8, 4) is 11.3 Å². The van der Waals surface area contributed by atoms with Crippen molar-refractivity contribution in [3.63, 3.8) is 0 Å². The van der Waals surface area contributed by atoms with Crippen molar-refractivity contribution in [1.82, 2.24) is 9.97 Å². The number of hydrogen-bond donors (Lipinski definition) is 0. The van der Waals surface area contributed by atoms with Crippen LogP contribution < -0.4 is 0 Å². The van der Waals surface area contributed by atoms with Gasteiger partial charge in [-0.3, -0.25) is 14.8 Å². The highest BCUT2D eigenvalue weighted by Crippen LogP contribution is 2.32. The second kappa shape index (κ2) is 7.44. The average Bonchev–Trinajstić information content (AvgIpc) is 2.54. The summed E-state index contributed by atoms with van der Waals surface area (Å²) in [5.74, 6) is 0.536. The molecule has 0 fully saturated rings. The van der Waals surface area contributed by atoms with Gasteiger partial charge in [-0.25, -0.2) is 0 Å². The van der Waals surface area contributed by atoms with Gasteiger partial charge in [0.25, 0.3) is 0 Å². The molecular formula is C15H12BrF3N2OS. The Morgan fingerprint density at radius 3 is 2.65 bits per heavy atom. The number of pyridine rings is 2. The summed E-state index contributed by atoms with van der Waals surface area (Å²) in [6.45, 7) is 1.92. The number of rotatable bonds is 5. The van der Waals surface area contributed by atoms with Gasteiger partial charge in [-0.05, 0) is 24.0 Å². The van der Waals surface area contributed by atoms with E-state index in [9.17, 15) is 18.0 Å². The summed E-state index contributed by atoms with van der Waals surface area (Å²) >= 11 is 4.51. The fourth-order valence-corrected chi connectivity index (χ4v) is 2.98. The van der Waals surface area contributed by atoms with E-state index in [0.29, 0.717) is 21.9 Å². The van der Waals surface area contributed by atoms with Gasteiger partial charge in [0.15, 0.2) is 5.78 Å². The molecule has 0 atom stereocenters. The van der Waals surface area contributed by atoms with Crippen molar-refractivity contribution in [2.24, 2.45) is 0 Å². The topological polar surface area (TPSA) is 42.9 Å². The van der Waals surface area contributed by atoms with Gasteiger partial charge in [0.1, 0.15) is 5.69 Å². The third kappa shape index (κ3) is 4.32. The summed E-state index contributed by atoms with van der Waals surface area (Å²) < 4.78 is 38.4. The molecule has 2 aromatic heterocycles. The van der Waals surface area contributed by atoms with E-state index >= 15 is 0 Å². The molecule has 2 rings (SSSR count). The quantitative estimate of drug-likeness (QED) is 0.405. The van der Waals surface area contributed by atoms with Gasteiger partial charge in [-0.15, -0.1) is 11.8 Å².